The van der Waals surface area contributed by atoms with Crippen molar-refractivity contribution in [3.8, 4) is 11.1 Å². The van der Waals surface area contributed by atoms with Crippen LogP contribution in [-0.4, -0.2) is 3.21 Å². The van der Waals surface area contributed by atoms with E-state index >= 15 is 0 Å². The largest absolute Gasteiger partial charge is 1.00 e. The van der Waals surface area contributed by atoms with Crippen LogP contribution < -0.4 is 24.8 Å². The molecule has 0 unspecified atom stereocenters. The molecule has 4 aliphatic carbocycles. The number of aryl methyl sites for hydroxylation is 2. The Kier molecular flexibility index (Phi) is 10.2. The first-order valence-corrected chi connectivity index (χ1v) is 18.7. The second-order valence-corrected chi connectivity index (χ2v) is 19.9. The number of rotatable bonds is 4. The van der Waals surface area contributed by atoms with Gasteiger partial charge in [0.05, 0.1) is 0 Å². The molecule has 0 amide bonds. The molecule has 0 heterocycles. The van der Waals surface area contributed by atoms with Crippen LogP contribution in [0.4, 0.5) is 0 Å². The van der Waals surface area contributed by atoms with E-state index in [4.69, 9.17) is 0 Å². The third kappa shape index (κ3) is 5.56. The van der Waals surface area contributed by atoms with Crippen LogP contribution in [0.1, 0.15) is 133 Å². The van der Waals surface area contributed by atoms with E-state index in [0.717, 1.165) is 11.8 Å². The summed E-state index contributed by atoms with van der Waals surface area (Å²) in [5.74, 6) is 1.54. The Morgan fingerprint density at radius 2 is 1.13 bits per heavy atom. The van der Waals surface area contributed by atoms with Crippen molar-refractivity contribution in [3.63, 3.8) is 0 Å². The van der Waals surface area contributed by atoms with Crippen molar-refractivity contribution in [2.75, 3.05) is 0 Å². The van der Waals surface area contributed by atoms with E-state index in [1.807, 2.05) is 0 Å². The van der Waals surface area contributed by atoms with Crippen molar-refractivity contribution in [1.29, 1.82) is 0 Å². The van der Waals surface area contributed by atoms with E-state index in [2.05, 4.69) is 70.2 Å². The molecule has 0 saturated heterocycles. The Labute approximate surface area is 251 Å². The topological polar surface area (TPSA) is 0 Å². The van der Waals surface area contributed by atoms with Crippen molar-refractivity contribution in [3.05, 3.63) is 79.2 Å². The summed E-state index contributed by atoms with van der Waals surface area (Å²) < 4.78 is 4.19. The SMILES string of the molecule is C[C](C)=[Zr+2]([C]1=CC=CC1)[CH]1c2cc(C)c(C3CCCCC3)cc2-c2cc(C3CCCCC3)c(C)cc21.[Cl-].[Cl-]. The maximum atomic E-state index is 2.70. The van der Waals surface area contributed by atoms with Crippen molar-refractivity contribution >= 4 is 3.21 Å². The van der Waals surface area contributed by atoms with Crippen LogP contribution in [0.3, 0.4) is 0 Å². The van der Waals surface area contributed by atoms with Gasteiger partial charge in [-0.2, -0.15) is 0 Å². The van der Waals surface area contributed by atoms with Crippen molar-refractivity contribution < 1.29 is 46.1 Å². The Bertz CT molecular complexity index is 1190. The minimum absolute atomic E-state index is 0. The summed E-state index contributed by atoms with van der Waals surface area (Å²) in [6.45, 7) is 9.76. The van der Waals surface area contributed by atoms with Gasteiger partial charge in [-0.25, -0.2) is 0 Å². The van der Waals surface area contributed by atoms with E-state index < -0.39 is 21.3 Å². The number of hydrogen-bond acceptors (Lipinski definition) is 0. The number of allylic oxidation sites excluding steroid dienone is 4. The smallest absolute Gasteiger partial charge is 1.00 e. The molecule has 2 aromatic rings. The van der Waals surface area contributed by atoms with E-state index in [9.17, 15) is 0 Å². The molecular weight excluding hydrogens is 583 g/mol. The van der Waals surface area contributed by atoms with Crippen LogP contribution in [0.2, 0.25) is 0 Å². The van der Waals surface area contributed by atoms with Gasteiger partial charge in [0.1, 0.15) is 0 Å². The van der Waals surface area contributed by atoms with E-state index in [-0.39, 0.29) is 24.8 Å². The van der Waals surface area contributed by atoms with Crippen LogP contribution in [0.25, 0.3) is 11.1 Å². The molecule has 2 fully saturated rings. The van der Waals surface area contributed by atoms with Crippen LogP contribution in [0.15, 0.2) is 45.8 Å². The molecule has 2 saturated carbocycles. The second-order valence-electron chi connectivity index (χ2n) is 12.4. The molecule has 2 aromatic carbocycles. The summed E-state index contributed by atoms with van der Waals surface area (Å²) in [5.41, 5.74) is 13.1. The first-order chi connectivity index (χ1) is 17.5. The fourth-order valence-electron chi connectivity index (χ4n) is 8.07. The zero-order chi connectivity index (χ0) is 24.8. The van der Waals surface area contributed by atoms with E-state index in [1.165, 1.54) is 70.6 Å². The monoisotopic (exact) mass is 624 g/mol. The molecule has 0 radical (unpaired) electrons. The Morgan fingerprint density at radius 3 is 1.53 bits per heavy atom. The minimum atomic E-state index is -2.06. The predicted molar refractivity (Wildman–Crippen MR) is 153 cm³/mol. The molecule has 38 heavy (non-hydrogen) atoms. The van der Waals surface area contributed by atoms with Gasteiger partial charge in [-0.15, -0.1) is 0 Å². The standard InChI is InChI=1S/C27H33.C5H5.C3H6.2ClH.Zr/c1-18-13-22-15-23-14-19(2)25(21-11-7-4-8-12-21)17-27(23)26(22)16-24(18)20-9-5-3-6-10-20;1-2-4-5-3-1;1-3-2;;;/h13-17,20-21H,3-12H2,1-2H3;1-3H,4H2;1-2H3;2*1H;/q;;;;;+2/p-2. The first-order valence-electron chi connectivity index (χ1n) is 14.9. The first kappa shape index (κ1) is 30.2. The van der Waals surface area contributed by atoms with Gasteiger partial charge in [-0.3, -0.25) is 0 Å². The van der Waals surface area contributed by atoms with Crippen LogP contribution >= 0.6 is 0 Å². The van der Waals surface area contributed by atoms with Crippen LogP contribution in [-0.2, 0) is 21.3 Å². The predicted octanol–water partition coefficient (Wildman–Crippen LogP) is 4.15. The molecule has 0 N–H and O–H groups in total. The molecule has 0 nitrogen and oxygen atoms in total. The summed E-state index contributed by atoms with van der Waals surface area (Å²) in [4.78, 5) is 0. The second kappa shape index (κ2) is 12.8. The average molecular weight is 627 g/mol. The van der Waals surface area contributed by atoms with Gasteiger partial charge >= 0.3 is 229 Å². The molecular formula is C35H44Cl2Zr. The maximum absolute atomic E-state index is 2.70. The zero-order valence-corrected chi connectivity index (χ0v) is 27.8. The van der Waals surface area contributed by atoms with Crippen LogP contribution in [0, 0.1) is 13.8 Å². The third-order valence-electron chi connectivity index (χ3n) is 9.82. The van der Waals surface area contributed by atoms with Gasteiger partial charge in [0, 0.05) is 0 Å². The van der Waals surface area contributed by atoms with Gasteiger partial charge in [-0.1, -0.05) is 0 Å². The molecule has 4 aliphatic rings. The third-order valence-corrected chi connectivity index (χ3v) is 18.0. The van der Waals surface area contributed by atoms with Crippen LogP contribution in [0.5, 0.6) is 0 Å². The molecule has 0 atom stereocenters. The number of halogens is 2. The van der Waals surface area contributed by atoms with Crippen molar-refractivity contribution in [2.24, 2.45) is 0 Å². The minimum Gasteiger partial charge on any atom is -1.00 e. The Hall–Kier alpha value is -0.747. The summed E-state index contributed by atoms with van der Waals surface area (Å²) >= 11 is -2.06. The average Bonchev–Trinajstić information content (AvgIpc) is 3.51. The zero-order valence-electron chi connectivity index (χ0n) is 23.8. The van der Waals surface area contributed by atoms with Gasteiger partial charge in [0.25, 0.3) is 0 Å². The Balaban J connectivity index is 0.00000168. The molecule has 202 valence electrons. The molecule has 0 bridgehead atoms. The van der Waals surface area contributed by atoms with Gasteiger partial charge in [0.2, 0.25) is 0 Å². The quantitative estimate of drug-likeness (QED) is 0.479. The van der Waals surface area contributed by atoms with E-state index in [1.54, 1.807) is 51.0 Å². The number of hydrogen-bond donors (Lipinski definition) is 0. The maximum Gasteiger partial charge on any atom is -1.00 e. The molecule has 0 aromatic heterocycles. The summed E-state index contributed by atoms with van der Waals surface area (Å²) in [5, 5.41) is 0. The van der Waals surface area contributed by atoms with Gasteiger partial charge < -0.3 is 24.8 Å². The van der Waals surface area contributed by atoms with E-state index in [0.29, 0.717) is 3.63 Å². The normalized spacial score (nSPS) is 19.1. The number of benzene rings is 2. The van der Waals surface area contributed by atoms with Gasteiger partial charge in [0.15, 0.2) is 0 Å². The molecule has 3 heteroatoms. The summed E-state index contributed by atoms with van der Waals surface area (Å²) in [6, 6.07) is 10.7. The number of fused-ring (bicyclic) bond motifs is 3. The molecule has 0 spiro atoms. The van der Waals surface area contributed by atoms with Crippen molar-refractivity contribution in [2.45, 2.75) is 114 Å². The fourth-order valence-corrected chi connectivity index (χ4v) is 16.2. The summed E-state index contributed by atoms with van der Waals surface area (Å²) in [6.07, 6.45) is 22.5. The fraction of sp³-hybridized carbons (Fsp3) is 0.514. The summed E-state index contributed by atoms with van der Waals surface area (Å²) in [7, 11) is 0. The molecule has 0 aliphatic heterocycles. The van der Waals surface area contributed by atoms with Gasteiger partial charge in [-0.05, 0) is 0 Å². The Morgan fingerprint density at radius 1 is 0.658 bits per heavy atom. The molecule has 6 rings (SSSR count). The van der Waals surface area contributed by atoms with Crippen molar-refractivity contribution in [1.82, 2.24) is 0 Å².